The lowest BCUT2D eigenvalue weighted by Crippen LogP contribution is -2.43. The summed E-state index contributed by atoms with van der Waals surface area (Å²) in [7, 11) is 1.26. The first-order valence-electron chi connectivity index (χ1n) is 6.85. The lowest BCUT2D eigenvalue weighted by molar-refractivity contribution is -0.142. The van der Waals surface area contributed by atoms with E-state index >= 15 is 0 Å². The number of phenols is 1. The van der Waals surface area contributed by atoms with Gasteiger partial charge in [-0.15, -0.1) is 0 Å². The molecule has 0 saturated carbocycles. The van der Waals surface area contributed by atoms with Crippen molar-refractivity contribution in [3.05, 3.63) is 29.8 Å². The van der Waals surface area contributed by atoms with Crippen molar-refractivity contribution in [1.29, 1.82) is 0 Å². The number of benzene rings is 1. The number of ether oxygens (including phenoxy) is 2. The molecule has 0 radical (unpaired) electrons. The highest BCUT2D eigenvalue weighted by Crippen LogP contribution is 2.12. The van der Waals surface area contributed by atoms with Crippen LogP contribution < -0.4 is 5.32 Å². The maximum Gasteiger partial charge on any atom is 0.407 e. The van der Waals surface area contributed by atoms with Gasteiger partial charge < -0.3 is 19.9 Å². The number of alkyl carbamates (subject to hydrolysis) is 1. The van der Waals surface area contributed by atoms with Gasteiger partial charge in [-0.1, -0.05) is 25.5 Å². The Kier molecular flexibility index (Phi) is 7.08. The van der Waals surface area contributed by atoms with Gasteiger partial charge in [0.1, 0.15) is 11.8 Å². The molecular formula is C15H21NO5. The molecule has 0 spiro atoms. The number of methoxy groups -OCH3 is 1. The van der Waals surface area contributed by atoms with E-state index in [1.165, 1.54) is 19.2 Å². The van der Waals surface area contributed by atoms with Gasteiger partial charge in [0.15, 0.2) is 0 Å². The average Bonchev–Trinajstić information content (AvgIpc) is 2.48. The summed E-state index contributed by atoms with van der Waals surface area (Å²) < 4.78 is 9.64. The van der Waals surface area contributed by atoms with Gasteiger partial charge in [0.05, 0.1) is 13.7 Å². The summed E-state index contributed by atoms with van der Waals surface area (Å²) >= 11 is 0. The van der Waals surface area contributed by atoms with E-state index in [0.29, 0.717) is 6.61 Å². The van der Waals surface area contributed by atoms with E-state index in [4.69, 9.17) is 4.74 Å². The molecule has 0 fully saturated rings. The summed E-state index contributed by atoms with van der Waals surface area (Å²) in [6, 6.07) is 5.56. The number of rotatable bonds is 7. The molecular weight excluding hydrogens is 274 g/mol. The van der Waals surface area contributed by atoms with Crippen molar-refractivity contribution in [2.45, 2.75) is 32.2 Å². The van der Waals surface area contributed by atoms with Crippen LogP contribution in [0.1, 0.15) is 25.3 Å². The van der Waals surface area contributed by atoms with Gasteiger partial charge in [-0.3, -0.25) is 0 Å². The van der Waals surface area contributed by atoms with E-state index in [9.17, 15) is 14.7 Å². The number of hydrogen-bond acceptors (Lipinski definition) is 5. The van der Waals surface area contributed by atoms with Crippen LogP contribution in [0.4, 0.5) is 4.79 Å². The zero-order chi connectivity index (χ0) is 15.7. The molecule has 1 atom stereocenters. The van der Waals surface area contributed by atoms with Gasteiger partial charge in [0, 0.05) is 6.42 Å². The highest BCUT2D eigenvalue weighted by molar-refractivity contribution is 5.81. The highest BCUT2D eigenvalue weighted by atomic mass is 16.6. The van der Waals surface area contributed by atoms with Gasteiger partial charge in [-0.25, -0.2) is 9.59 Å². The Morgan fingerprint density at radius 3 is 2.52 bits per heavy atom. The second-order valence-electron chi connectivity index (χ2n) is 4.58. The molecule has 0 aliphatic carbocycles. The molecule has 1 aromatic rings. The molecule has 0 aliphatic heterocycles. The molecule has 0 aliphatic rings. The van der Waals surface area contributed by atoms with E-state index in [-0.39, 0.29) is 12.2 Å². The third-order valence-corrected chi connectivity index (χ3v) is 2.88. The normalized spacial score (nSPS) is 11.5. The minimum atomic E-state index is -0.825. The van der Waals surface area contributed by atoms with Gasteiger partial charge >= 0.3 is 12.1 Å². The molecule has 0 bridgehead atoms. The van der Waals surface area contributed by atoms with Crippen LogP contribution in [0.2, 0.25) is 0 Å². The Morgan fingerprint density at radius 2 is 1.95 bits per heavy atom. The molecule has 1 amide bonds. The fraction of sp³-hybridized carbons (Fsp3) is 0.467. The third-order valence-electron chi connectivity index (χ3n) is 2.88. The summed E-state index contributed by atoms with van der Waals surface area (Å²) in [5.41, 5.74) is 0.789. The van der Waals surface area contributed by atoms with Crippen LogP contribution in [-0.4, -0.2) is 36.9 Å². The zero-order valence-electron chi connectivity index (χ0n) is 12.3. The molecule has 0 aromatic heterocycles. The summed E-state index contributed by atoms with van der Waals surface area (Å²) in [6.07, 6.45) is 1.31. The maximum absolute atomic E-state index is 11.7. The van der Waals surface area contributed by atoms with Crippen molar-refractivity contribution in [2.24, 2.45) is 0 Å². The molecule has 21 heavy (non-hydrogen) atoms. The first kappa shape index (κ1) is 16.8. The van der Waals surface area contributed by atoms with Crippen molar-refractivity contribution < 1.29 is 24.2 Å². The smallest absolute Gasteiger partial charge is 0.407 e. The predicted octanol–water partition coefficient (Wildman–Crippen LogP) is 2.00. The van der Waals surface area contributed by atoms with Crippen molar-refractivity contribution in [3.63, 3.8) is 0 Å². The zero-order valence-corrected chi connectivity index (χ0v) is 12.3. The van der Waals surface area contributed by atoms with Crippen LogP contribution in [0.25, 0.3) is 0 Å². The van der Waals surface area contributed by atoms with Crippen molar-refractivity contribution in [1.82, 2.24) is 5.32 Å². The molecule has 2 N–H and O–H groups in total. The Balaban J connectivity index is 2.61. The number of esters is 1. The highest BCUT2D eigenvalue weighted by Gasteiger charge is 2.22. The SMILES string of the molecule is CCCCOC(=O)N[C@H](Cc1ccc(O)cc1)C(=O)OC. The number of amides is 1. The number of hydrogen-bond donors (Lipinski definition) is 2. The fourth-order valence-corrected chi connectivity index (χ4v) is 1.70. The van der Waals surface area contributed by atoms with E-state index in [1.807, 2.05) is 6.92 Å². The maximum atomic E-state index is 11.7. The largest absolute Gasteiger partial charge is 0.508 e. The minimum absolute atomic E-state index is 0.139. The van der Waals surface area contributed by atoms with Crippen molar-refractivity contribution in [2.75, 3.05) is 13.7 Å². The number of aromatic hydroxyl groups is 1. The number of phenolic OH excluding ortho intramolecular Hbond substituents is 1. The Morgan fingerprint density at radius 1 is 1.29 bits per heavy atom. The molecule has 0 heterocycles. The Labute approximate surface area is 124 Å². The summed E-state index contributed by atoms with van der Waals surface area (Å²) in [5, 5.41) is 11.7. The van der Waals surface area contributed by atoms with Gasteiger partial charge in [0.25, 0.3) is 0 Å². The van der Waals surface area contributed by atoms with Gasteiger partial charge in [-0.05, 0) is 24.1 Å². The Hall–Kier alpha value is -2.24. The Bertz CT molecular complexity index is 458. The minimum Gasteiger partial charge on any atom is -0.508 e. The van der Waals surface area contributed by atoms with Crippen LogP contribution in [-0.2, 0) is 20.7 Å². The van der Waals surface area contributed by atoms with Crippen LogP contribution in [0.15, 0.2) is 24.3 Å². The van der Waals surface area contributed by atoms with Crippen molar-refractivity contribution >= 4 is 12.1 Å². The number of nitrogens with one attached hydrogen (secondary N) is 1. The molecule has 1 aromatic carbocycles. The topological polar surface area (TPSA) is 84.9 Å². The summed E-state index contributed by atoms with van der Waals surface area (Å²) in [5.74, 6) is -0.407. The second-order valence-corrected chi connectivity index (χ2v) is 4.58. The monoisotopic (exact) mass is 295 g/mol. The molecule has 6 nitrogen and oxygen atoms in total. The fourth-order valence-electron chi connectivity index (χ4n) is 1.70. The van der Waals surface area contributed by atoms with Crippen LogP contribution >= 0.6 is 0 Å². The second kappa shape index (κ2) is 8.84. The third kappa shape index (κ3) is 6.16. The molecule has 6 heteroatoms. The van der Waals surface area contributed by atoms with E-state index in [0.717, 1.165) is 18.4 Å². The summed E-state index contributed by atoms with van der Waals surface area (Å²) in [6.45, 7) is 2.30. The van der Waals surface area contributed by atoms with E-state index in [1.54, 1.807) is 12.1 Å². The van der Waals surface area contributed by atoms with Gasteiger partial charge in [-0.2, -0.15) is 0 Å². The van der Waals surface area contributed by atoms with Crippen molar-refractivity contribution in [3.8, 4) is 5.75 Å². The lowest BCUT2D eigenvalue weighted by Gasteiger charge is -2.16. The average molecular weight is 295 g/mol. The number of carbonyl (C=O) groups excluding carboxylic acids is 2. The predicted molar refractivity (Wildman–Crippen MR) is 77.0 cm³/mol. The first-order valence-corrected chi connectivity index (χ1v) is 6.85. The molecule has 0 unspecified atom stereocenters. The lowest BCUT2D eigenvalue weighted by atomic mass is 10.1. The molecule has 1 rings (SSSR count). The van der Waals surface area contributed by atoms with E-state index < -0.39 is 18.1 Å². The standard InChI is InChI=1S/C15H21NO5/c1-3-4-9-21-15(19)16-13(14(18)20-2)10-11-5-7-12(17)8-6-11/h5-8,13,17H,3-4,9-10H2,1-2H3,(H,16,19)/t13-/m1/s1. The van der Waals surface area contributed by atoms with Gasteiger partial charge in [0.2, 0.25) is 0 Å². The van der Waals surface area contributed by atoms with Crippen LogP contribution in [0, 0.1) is 0 Å². The van der Waals surface area contributed by atoms with E-state index in [2.05, 4.69) is 10.1 Å². The number of carbonyl (C=O) groups is 2. The molecule has 116 valence electrons. The quantitative estimate of drug-likeness (QED) is 0.593. The van der Waals surface area contributed by atoms with Crippen LogP contribution in [0.5, 0.6) is 5.75 Å². The van der Waals surface area contributed by atoms with Crippen LogP contribution in [0.3, 0.4) is 0 Å². The first-order chi connectivity index (χ1) is 10.1. The summed E-state index contributed by atoms with van der Waals surface area (Å²) in [4.78, 5) is 23.3. The number of unbranched alkanes of at least 4 members (excludes halogenated alkanes) is 1. The molecule has 0 saturated heterocycles.